The molecular weight excluding hydrogens is 147 g/mol. The Bertz CT molecular complexity index is 270. The summed E-state index contributed by atoms with van der Waals surface area (Å²) in [4.78, 5) is 4.88. The van der Waals surface area contributed by atoms with Gasteiger partial charge in [-0.3, -0.25) is 0 Å². The van der Waals surface area contributed by atoms with Gasteiger partial charge in [-0.15, -0.1) is 4.67 Å². The lowest BCUT2D eigenvalue weighted by atomic mass is 10.2. The molecule has 1 aliphatic rings. The van der Waals surface area contributed by atoms with Crippen LogP contribution in [0.2, 0.25) is 0 Å². The zero-order valence-electron chi connectivity index (χ0n) is 5.15. The van der Waals surface area contributed by atoms with E-state index in [1.54, 1.807) is 0 Å². The lowest BCUT2D eigenvalue weighted by Crippen LogP contribution is -1.95. The molecule has 0 amide bonds. The maximum absolute atomic E-state index is 4.88. The third kappa shape index (κ3) is 0.919. The second kappa shape index (κ2) is 2.41. The van der Waals surface area contributed by atoms with Gasteiger partial charge in [0.15, 0.2) is 5.75 Å². The molecule has 0 aromatic heterocycles. The highest BCUT2D eigenvalue weighted by Crippen LogP contribution is 2.23. The highest BCUT2D eigenvalue weighted by Gasteiger charge is 2.03. The number of rotatable bonds is 0. The van der Waals surface area contributed by atoms with Crippen LogP contribution in [-0.2, 0) is 4.67 Å². The summed E-state index contributed by atoms with van der Waals surface area (Å²) >= 11 is 0. The molecule has 0 saturated carbocycles. The fraction of sp³-hybridized carbons (Fsp3) is 0. The zero-order chi connectivity index (χ0) is 6.81. The maximum Gasteiger partial charge on any atom is 0.173 e. The number of hydrogen-bond donors (Lipinski definition) is 0. The van der Waals surface area contributed by atoms with E-state index in [0.29, 0.717) is 0 Å². The molecule has 0 atom stereocenters. The first-order valence-electron chi connectivity index (χ1n) is 2.93. The van der Waals surface area contributed by atoms with E-state index in [1.165, 1.54) is 0 Å². The summed E-state index contributed by atoms with van der Waals surface area (Å²) in [7, 11) is 0.756. The van der Waals surface area contributed by atoms with Crippen LogP contribution < -0.4 is 4.89 Å². The summed E-state index contributed by atoms with van der Waals surface area (Å²) in [6, 6.07) is 7.75. The fourth-order valence-corrected chi connectivity index (χ4v) is 1.30. The molecule has 0 spiro atoms. The smallest absolute Gasteiger partial charge is 0.173 e. The van der Waals surface area contributed by atoms with Crippen molar-refractivity contribution in [3.8, 4) is 5.75 Å². The molecule has 1 aliphatic heterocycles. The Labute approximate surface area is 60.2 Å². The minimum atomic E-state index is 0.756. The van der Waals surface area contributed by atoms with Crippen molar-refractivity contribution in [1.29, 1.82) is 0 Å². The minimum absolute atomic E-state index is 0.756. The lowest BCUT2D eigenvalue weighted by Gasteiger charge is -2.07. The van der Waals surface area contributed by atoms with Crippen LogP contribution in [0.25, 0.3) is 0 Å². The first-order chi connectivity index (χ1) is 4.97. The van der Waals surface area contributed by atoms with E-state index in [0.717, 1.165) is 19.7 Å². The van der Waals surface area contributed by atoms with Gasteiger partial charge in [-0.1, -0.05) is 18.2 Å². The minimum Gasteiger partial charge on any atom is -0.328 e. The maximum atomic E-state index is 4.88. The topological polar surface area (TPSA) is 18.5 Å². The Hall–Kier alpha value is -0.850. The van der Waals surface area contributed by atoms with Crippen molar-refractivity contribution in [2.45, 2.75) is 0 Å². The first-order valence-corrected chi connectivity index (χ1v) is 3.81. The Morgan fingerprint density at radius 2 is 2.10 bits per heavy atom. The molecule has 0 unspecified atom stereocenters. The molecule has 0 N–H and O–H groups in total. The standard InChI is InChI=1S/C7H5O2P/c1-2-4-7-6(3-1)5-10-9-8-7/h1-5H. The predicted molar refractivity (Wildman–Crippen MR) is 40.2 cm³/mol. The molecule has 1 aromatic rings. The summed E-state index contributed by atoms with van der Waals surface area (Å²) in [5.74, 6) is 2.75. The van der Waals surface area contributed by atoms with E-state index >= 15 is 0 Å². The van der Waals surface area contributed by atoms with Crippen molar-refractivity contribution < 1.29 is 9.56 Å². The van der Waals surface area contributed by atoms with Crippen LogP contribution in [0.5, 0.6) is 5.75 Å². The first kappa shape index (κ1) is 5.90. The van der Waals surface area contributed by atoms with Crippen LogP contribution in [0.1, 0.15) is 5.56 Å². The third-order valence-electron chi connectivity index (χ3n) is 1.28. The SMILES string of the molecule is C1=POOc2ccccc21. The number of fused-ring (bicyclic) bond motifs is 1. The molecule has 0 bridgehead atoms. The Balaban J connectivity index is 2.54. The van der Waals surface area contributed by atoms with E-state index < -0.39 is 0 Å². The van der Waals surface area contributed by atoms with Crippen LogP contribution in [-0.4, -0.2) is 5.80 Å². The van der Waals surface area contributed by atoms with Gasteiger partial charge in [0, 0.05) is 11.4 Å². The van der Waals surface area contributed by atoms with Crippen molar-refractivity contribution in [1.82, 2.24) is 0 Å². The summed E-state index contributed by atoms with van der Waals surface area (Å²) in [6.45, 7) is 0. The summed E-state index contributed by atoms with van der Waals surface area (Å²) in [6.07, 6.45) is 0. The van der Waals surface area contributed by atoms with Crippen molar-refractivity contribution in [2.75, 3.05) is 0 Å². The van der Waals surface area contributed by atoms with Gasteiger partial charge in [0.1, 0.15) is 8.43 Å². The van der Waals surface area contributed by atoms with E-state index in [1.807, 2.05) is 30.1 Å². The normalized spacial score (nSPS) is 15.6. The number of para-hydroxylation sites is 1. The van der Waals surface area contributed by atoms with Gasteiger partial charge < -0.3 is 4.89 Å². The monoisotopic (exact) mass is 152 g/mol. The van der Waals surface area contributed by atoms with Gasteiger partial charge in [0.25, 0.3) is 0 Å². The number of benzene rings is 1. The lowest BCUT2D eigenvalue weighted by molar-refractivity contribution is -0.0824. The van der Waals surface area contributed by atoms with Crippen LogP contribution in [0.4, 0.5) is 0 Å². The molecule has 0 saturated heterocycles. The fourth-order valence-electron chi connectivity index (χ4n) is 0.803. The molecule has 0 radical (unpaired) electrons. The van der Waals surface area contributed by atoms with E-state index in [2.05, 4.69) is 0 Å². The average Bonchev–Trinajstić information content (AvgIpc) is 2.05. The summed E-state index contributed by atoms with van der Waals surface area (Å²) in [5, 5.41) is 0. The molecule has 10 heavy (non-hydrogen) atoms. The van der Waals surface area contributed by atoms with Crippen LogP contribution in [0, 0.1) is 0 Å². The van der Waals surface area contributed by atoms with Crippen LogP contribution in [0.3, 0.4) is 0 Å². The highest BCUT2D eigenvalue weighted by molar-refractivity contribution is 7.33. The van der Waals surface area contributed by atoms with Gasteiger partial charge >= 0.3 is 0 Å². The molecule has 0 fully saturated rings. The van der Waals surface area contributed by atoms with E-state index in [4.69, 9.17) is 9.56 Å². The predicted octanol–water partition coefficient (Wildman–Crippen LogP) is 2.02. The van der Waals surface area contributed by atoms with E-state index in [-0.39, 0.29) is 0 Å². The molecule has 1 aromatic carbocycles. The van der Waals surface area contributed by atoms with E-state index in [9.17, 15) is 0 Å². The zero-order valence-corrected chi connectivity index (χ0v) is 6.04. The van der Waals surface area contributed by atoms with Gasteiger partial charge in [-0.2, -0.15) is 0 Å². The quantitative estimate of drug-likeness (QED) is 0.418. The average molecular weight is 152 g/mol. The molecule has 3 heteroatoms. The molecule has 0 aliphatic carbocycles. The molecule has 1 heterocycles. The largest absolute Gasteiger partial charge is 0.328 e. The third-order valence-corrected chi connectivity index (χ3v) is 1.83. The van der Waals surface area contributed by atoms with Gasteiger partial charge in [0.05, 0.1) is 0 Å². The van der Waals surface area contributed by atoms with Crippen molar-refractivity contribution >= 4 is 14.2 Å². The summed E-state index contributed by atoms with van der Waals surface area (Å²) in [5.41, 5.74) is 1.09. The Morgan fingerprint density at radius 1 is 1.20 bits per heavy atom. The molecule has 2 nitrogen and oxygen atoms in total. The van der Waals surface area contributed by atoms with Crippen LogP contribution >= 0.6 is 8.43 Å². The molecular formula is C7H5O2P. The Kier molecular flexibility index (Phi) is 1.42. The second-order valence-electron chi connectivity index (χ2n) is 1.93. The van der Waals surface area contributed by atoms with Gasteiger partial charge in [-0.05, 0) is 6.07 Å². The summed E-state index contributed by atoms with van der Waals surface area (Å²) < 4.78 is 4.71. The Morgan fingerprint density at radius 3 is 3.00 bits per heavy atom. The van der Waals surface area contributed by atoms with Gasteiger partial charge in [-0.25, -0.2) is 0 Å². The molecule has 50 valence electrons. The van der Waals surface area contributed by atoms with Crippen molar-refractivity contribution in [2.24, 2.45) is 0 Å². The number of hydrogen-bond acceptors (Lipinski definition) is 2. The highest BCUT2D eigenvalue weighted by atomic mass is 31.1. The molecule has 2 rings (SSSR count). The second-order valence-corrected chi connectivity index (χ2v) is 2.55. The van der Waals surface area contributed by atoms with Crippen molar-refractivity contribution in [3.63, 3.8) is 0 Å². The van der Waals surface area contributed by atoms with Crippen molar-refractivity contribution in [3.05, 3.63) is 29.8 Å². The van der Waals surface area contributed by atoms with Gasteiger partial charge in [0.2, 0.25) is 0 Å². The van der Waals surface area contributed by atoms with Crippen LogP contribution in [0.15, 0.2) is 24.3 Å².